The van der Waals surface area contributed by atoms with Crippen LogP contribution < -0.4 is 0 Å². The Labute approximate surface area is 223 Å². The lowest BCUT2D eigenvalue weighted by molar-refractivity contribution is 0.439. The van der Waals surface area contributed by atoms with E-state index in [1.807, 2.05) is 0 Å². The molecule has 0 amide bonds. The molecule has 4 rings (SSSR count). The zero-order valence-corrected chi connectivity index (χ0v) is 23.6. The van der Waals surface area contributed by atoms with E-state index >= 15 is 0 Å². The average molecular weight is 492 g/mol. The van der Waals surface area contributed by atoms with Crippen molar-refractivity contribution in [3.63, 3.8) is 0 Å². The van der Waals surface area contributed by atoms with Crippen molar-refractivity contribution in [2.24, 2.45) is 0 Å². The summed E-state index contributed by atoms with van der Waals surface area (Å²) in [6.07, 6.45) is 4.32. The first-order valence-corrected chi connectivity index (χ1v) is 13.8. The number of hydrogen-bond donors (Lipinski definition) is 0. The summed E-state index contributed by atoms with van der Waals surface area (Å²) in [6, 6.07) is 26.1. The van der Waals surface area contributed by atoms with E-state index in [-0.39, 0.29) is 10.8 Å². The molecule has 3 heteroatoms. The summed E-state index contributed by atoms with van der Waals surface area (Å²) in [4.78, 5) is 14.8. The highest BCUT2D eigenvalue weighted by molar-refractivity contribution is 5.67. The molecule has 0 saturated carbocycles. The van der Waals surface area contributed by atoms with Crippen LogP contribution in [-0.4, -0.2) is 15.0 Å². The van der Waals surface area contributed by atoms with Gasteiger partial charge in [0.25, 0.3) is 0 Å². The topological polar surface area (TPSA) is 38.7 Å². The molecule has 0 radical (unpaired) electrons. The average Bonchev–Trinajstić information content (AvgIpc) is 2.96. The molecule has 37 heavy (non-hydrogen) atoms. The number of nitrogens with zero attached hydrogens (tertiary/aromatic N) is 3. The fraction of sp³-hybridized carbons (Fsp3) is 0.382. The van der Waals surface area contributed by atoms with Crippen LogP contribution in [-0.2, 0) is 17.3 Å². The van der Waals surface area contributed by atoms with Crippen molar-refractivity contribution in [3.8, 4) is 34.2 Å². The second kappa shape index (κ2) is 11.0. The fourth-order valence-corrected chi connectivity index (χ4v) is 4.61. The van der Waals surface area contributed by atoms with Crippen LogP contribution in [0.25, 0.3) is 34.2 Å². The SMILES string of the molecule is CCc1ccc(-c2nc(-c3ccc(C(C)(C)CC)cc3)nc(-c3ccc(C(C)(CC)CC)cc3)n2)cc1. The number of hydrogen-bond acceptors (Lipinski definition) is 3. The van der Waals surface area contributed by atoms with E-state index < -0.39 is 0 Å². The zero-order chi connectivity index (χ0) is 26.6. The van der Waals surface area contributed by atoms with Crippen LogP contribution >= 0.6 is 0 Å². The van der Waals surface area contributed by atoms with Gasteiger partial charge in [-0.15, -0.1) is 0 Å². The summed E-state index contributed by atoms with van der Waals surface area (Å²) in [5, 5.41) is 0. The highest BCUT2D eigenvalue weighted by Gasteiger charge is 2.22. The van der Waals surface area contributed by atoms with Gasteiger partial charge in [0, 0.05) is 16.7 Å². The molecule has 0 spiro atoms. The Hall–Kier alpha value is -3.33. The maximum absolute atomic E-state index is 4.96. The predicted molar refractivity (Wildman–Crippen MR) is 157 cm³/mol. The molecule has 0 aliphatic heterocycles. The maximum atomic E-state index is 4.96. The summed E-state index contributed by atoms with van der Waals surface area (Å²) in [5.74, 6) is 2.12. The third-order valence-electron chi connectivity index (χ3n) is 8.46. The van der Waals surface area contributed by atoms with Crippen LogP contribution in [0.3, 0.4) is 0 Å². The lowest BCUT2D eigenvalue weighted by Gasteiger charge is -2.27. The van der Waals surface area contributed by atoms with Gasteiger partial charge in [0.05, 0.1) is 0 Å². The van der Waals surface area contributed by atoms with Crippen molar-refractivity contribution in [1.29, 1.82) is 0 Å². The summed E-state index contributed by atoms with van der Waals surface area (Å²) < 4.78 is 0. The summed E-state index contributed by atoms with van der Waals surface area (Å²) in [5.41, 5.74) is 7.34. The number of benzene rings is 3. The van der Waals surface area contributed by atoms with Gasteiger partial charge in [0.1, 0.15) is 0 Å². The Morgan fingerprint density at radius 3 is 1.22 bits per heavy atom. The Bertz CT molecular complexity index is 1310. The highest BCUT2D eigenvalue weighted by atomic mass is 15.0. The molecule has 0 unspecified atom stereocenters. The number of aryl methyl sites for hydroxylation is 1. The third-order valence-corrected chi connectivity index (χ3v) is 8.46. The summed E-state index contributed by atoms with van der Waals surface area (Å²) >= 11 is 0. The van der Waals surface area contributed by atoms with Crippen LogP contribution in [0.5, 0.6) is 0 Å². The van der Waals surface area contributed by atoms with E-state index in [0.717, 1.165) is 42.4 Å². The third kappa shape index (κ3) is 5.66. The standard InChI is InChI=1S/C34H41N3/c1-8-24-12-14-25(15-13-24)30-35-31(26-16-20-28(21-17-26)33(5,6)9-2)37-32(36-30)27-18-22-29(23-19-27)34(7,10-3)11-4/h12-23H,8-11H2,1-7H3. The molecule has 0 atom stereocenters. The second-order valence-corrected chi connectivity index (χ2v) is 11.0. The Morgan fingerprint density at radius 2 is 0.865 bits per heavy atom. The lowest BCUT2D eigenvalue weighted by Crippen LogP contribution is -2.19. The summed E-state index contributed by atoms with van der Waals surface area (Å²) in [7, 11) is 0. The van der Waals surface area contributed by atoms with Gasteiger partial charge in [-0.1, -0.05) is 121 Å². The number of aromatic nitrogens is 3. The quantitative estimate of drug-likeness (QED) is 0.234. The Balaban J connectivity index is 1.80. The van der Waals surface area contributed by atoms with E-state index in [9.17, 15) is 0 Å². The highest BCUT2D eigenvalue weighted by Crippen LogP contribution is 2.33. The summed E-state index contributed by atoms with van der Waals surface area (Å²) in [6.45, 7) is 15.8. The first-order chi connectivity index (χ1) is 17.7. The van der Waals surface area contributed by atoms with Gasteiger partial charge in [-0.05, 0) is 53.2 Å². The first-order valence-electron chi connectivity index (χ1n) is 13.8. The van der Waals surface area contributed by atoms with Gasteiger partial charge < -0.3 is 0 Å². The normalized spacial score (nSPS) is 12.1. The minimum absolute atomic E-state index is 0.141. The van der Waals surface area contributed by atoms with Crippen LogP contribution in [0.4, 0.5) is 0 Å². The first kappa shape index (κ1) is 26.7. The Kier molecular flexibility index (Phi) is 7.92. The van der Waals surface area contributed by atoms with E-state index in [1.54, 1.807) is 0 Å². The van der Waals surface area contributed by atoms with Gasteiger partial charge >= 0.3 is 0 Å². The van der Waals surface area contributed by atoms with E-state index in [4.69, 9.17) is 15.0 Å². The molecule has 0 fully saturated rings. The van der Waals surface area contributed by atoms with Crippen LogP contribution in [0, 0.1) is 0 Å². The van der Waals surface area contributed by atoms with Gasteiger partial charge in [-0.3, -0.25) is 0 Å². The van der Waals surface area contributed by atoms with E-state index in [2.05, 4.69) is 121 Å². The molecule has 192 valence electrons. The van der Waals surface area contributed by atoms with Crippen LogP contribution in [0.15, 0.2) is 72.8 Å². The van der Waals surface area contributed by atoms with Crippen molar-refractivity contribution >= 4 is 0 Å². The predicted octanol–water partition coefficient (Wildman–Crippen LogP) is 9.20. The van der Waals surface area contributed by atoms with Crippen molar-refractivity contribution < 1.29 is 0 Å². The molecular weight excluding hydrogens is 450 g/mol. The van der Waals surface area contributed by atoms with Crippen molar-refractivity contribution in [3.05, 3.63) is 89.5 Å². The largest absolute Gasteiger partial charge is 0.208 e. The monoisotopic (exact) mass is 491 g/mol. The molecular formula is C34H41N3. The minimum atomic E-state index is 0.141. The fourth-order valence-electron chi connectivity index (χ4n) is 4.61. The molecule has 0 bridgehead atoms. The van der Waals surface area contributed by atoms with Crippen LogP contribution in [0.2, 0.25) is 0 Å². The van der Waals surface area contributed by atoms with Gasteiger partial charge in [0.15, 0.2) is 17.5 Å². The second-order valence-electron chi connectivity index (χ2n) is 11.0. The molecule has 1 heterocycles. The van der Waals surface area contributed by atoms with Gasteiger partial charge in [-0.2, -0.15) is 0 Å². The van der Waals surface area contributed by atoms with Crippen LogP contribution in [0.1, 0.15) is 84.4 Å². The van der Waals surface area contributed by atoms with Crippen molar-refractivity contribution in [2.45, 2.75) is 85.0 Å². The smallest absolute Gasteiger partial charge is 0.164 e. The van der Waals surface area contributed by atoms with E-state index in [1.165, 1.54) is 16.7 Å². The van der Waals surface area contributed by atoms with Gasteiger partial charge in [0.2, 0.25) is 0 Å². The molecule has 0 aliphatic rings. The molecule has 0 N–H and O–H groups in total. The molecule has 0 aliphatic carbocycles. The minimum Gasteiger partial charge on any atom is -0.208 e. The maximum Gasteiger partial charge on any atom is 0.164 e. The zero-order valence-electron chi connectivity index (χ0n) is 23.6. The Morgan fingerprint density at radius 1 is 0.486 bits per heavy atom. The molecule has 1 aromatic heterocycles. The lowest BCUT2D eigenvalue weighted by atomic mass is 9.78. The van der Waals surface area contributed by atoms with Crippen molar-refractivity contribution in [2.75, 3.05) is 0 Å². The van der Waals surface area contributed by atoms with Gasteiger partial charge in [-0.25, -0.2) is 15.0 Å². The number of rotatable bonds is 9. The van der Waals surface area contributed by atoms with Crippen molar-refractivity contribution in [1.82, 2.24) is 15.0 Å². The molecule has 3 nitrogen and oxygen atoms in total. The molecule has 4 aromatic rings. The molecule has 3 aromatic carbocycles. The molecule has 0 saturated heterocycles. The van der Waals surface area contributed by atoms with E-state index in [0.29, 0.717) is 17.5 Å².